The second kappa shape index (κ2) is 0.911. The van der Waals surface area contributed by atoms with Crippen molar-refractivity contribution < 1.29 is 14.7 Å². The molecular formula is CH8NO3P. The van der Waals surface area contributed by atoms with E-state index in [2.05, 4.69) is 5.50 Å². The summed E-state index contributed by atoms with van der Waals surface area (Å²) in [6.07, 6.45) is 0. The minimum absolute atomic E-state index is 0.783. The van der Waals surface area contributed by atoms with Crippen LogP contribution >= 0.6 is 7.43 Å². The Bertz CT molecular complexity index is 44.0. The van der Waals surface area contributed by atoms with Crippen molar-refractivity contribution in [2.75, 3.05) is 6.66 Å². The van der Waals surface area contributed by atoms with Crippen LogP contribution in [0.5, 0.6) is 0 Å². The van der Waals surface area contributed by atoms with Crippen LogP contribution in [0, 0.1) is 0 Å². The average molecular weight is 113 g/mol. The van der Waals surface area contributed by atoms with E-state index in [4.69, 9.17) is 14.7 Å². The SMILES string of the molecule is CP(N)(O)(O)O. The third-order valence-electron chi connectivity index (χ3n) is 0. The number of rotatable bonds is 0. The molecule has 0 aromatic rings. The summed E-state index contributed by atoms with van der Waals surface area (Å²) < 4.78 is 0. The fourth-order valence-electron chi connectivity index (χ4n) is 0. The van der Waals surface area contributed by atoms with Crippen LogP contribution in [-0.4, -0.2) is 21.3 Å². The summed E-state index contributed by atoms with van der Waals surface area (Å²) in [5.41, 5.74) is 4.39. The van der Waals surface area contributed by atoms with Gasteiger partial charge in [-0.1, -0.05) is 0 Å². The van der Waals surface area contributed by atoms with Crippen LogP contribution in [0.2, 0.25) is 0 Å². The summed E-state index contributed by atoms with van der Waals surface area (Å²) in [6, 6.07) is 0. The van der Waals surface area contributed by atoms with Crippen molar-refractivity contribution in [2.45, 2.75) is 0 Å². The molecule has 0 radical (unpaired) electrons. The number of hydrogen-bond acceptors (Lipinski definition) is 4. The quantitative estimate of drug-likeness (QED) is 0.296. The Morgan fingerprint density at radius 2 is 1.33 bits per heavy atom. The van der Waals surface area contributed by atoms with E-state index >= 15 is 0 Å². The van der Waals surface area contributed by atoms with Gasteiger partial charge in [0.05, 0.1) is 0 Å². The normalized spacial score (nSPS) is 19.2. The van der Waals surface area contributed by atoms with Crippen LogP contribution in [0.4, 0.5) is 0 Å². The molecule has 0 aliphatic carbocycles. The van der Waals surface area contributed by atoms with Crippen molar-refractivity contribution in [1.82, 2.24) is 0 Å². The van der Waals surface area contributed by atoms with Gasteiger partial charge in [-0.15, -0.1) is 0 Å². The molecule has 0 saturated carbocycles. The van der Waals surface area contributed by atoms with Gasteiger partial charge in [0.25, 0.3) is 0 Å². The molecule has 5 N–H and O–H groups in total. The van der Waals surface area contributed by atoms with E-state index in [0.717, 1.165) is 6.66 Å². The molecule has 0 saturated heterocycles. The van der Waals surface area contributed by atoms with Gasteiger partial charge in [0.2, 0.25) is 0 Å². The molecule has 0 spiro atoms. The summed E-state index contributed by atoms with van der Waals surface area (Å²) in [5, 5.41) is 0. The monoisotopic (exact) mass is 113 g/mol. The third-order valence-corrected chi connectivity index (χ3v) is 0. The van der Waals surface area contributed by atoms with Crippen LogP contribution in [0.25, 0.3) is 0 Å². The molecule has 40 valence electrons. The van der Waals surface area contributed by atoms with Crippen LogP contribution in [-0.2, 0) is 0 Å². The Balaban J connectivity index is 3.73. The molecule has 0 unspecified atom stereocenters. The average Bonchev–Trinajstić information content (AvgIpc) is 0.650. The molecule has 0 aromatic heterocycles. The molecule has 0 aliphatic rings. The molecule has 0 aliphatic heterocycles. The van der Waals surface area contributed by atoms with Crippen molar-refractivity contribution in [2.24, 2.45) is 5.50 Å². The van der Waals surface area contributed by atoms with Crippen LogP contribution in [0.15, 0.2) is 0 Å². The van der Waals surface area contributed by atoms with Gasteiger partial charge in [0.1, 0.15) is 0 Å². The Hall–Kier alpha value is 0.270. The Morgan fingerprint density at radius 1 is 1.33 bits per heavy atom. The molecule has 0 rings (SSSR count). The van der Waals surface area contributed by atoms with Gasteiger partial charge in [0, 0.05) is 0 Å². The van der Waals surface area contributed by atoms with Crippen molar-refractivity contribution >= 4 is 7.43 Å². The predicted molar refractivity (Wildman–Crippen MR) is 23.7 cm³/mol. The van der Waals surface area contributed by atoms with Gasteiger partial charge in [-0.05, 0) is 0 Å². The summed E-state index contributed by atoms with van der Waals surface area (Å²) in [7, 11) is -4.55. The number of nitrogens with two attached hydrogens (primary N) is 1. The van der Waals surface area contributed by atoms with Crippen molar-refractivity contribution in [1.29, 1.82) is 0 Å². The molecule has 0 bridgehead atoms. The van der Waals surface area contributed by atoms with E-state index in [-0.39, 0.29) is 0 Å². The van der Waals surface area contributed by atoms with Gasteiger partial charge in [0.15, 0.2) is 0 Å². The molecule has 0 fully saturated rings. The van der Waals surface area contributed by atoms with E-state index in [1.54, 1.807) is 0 Å². The maximum atomic E-state index is 8.01. The zero-order valence-corrected chi connectivity index (χ0v) is 4.26. The van der Waals surface area contributed by atoms with Crippen LogP contribution in [0.1, 0.15) is 0 Å². The predicted octanol–water partition coefficient (Wildman–Crippen LogP) is -1.23. The van der Waals surface area contributed by atoms with Gasteiger partial charge in [-0.2, -0.15) is 0 Å². The summed E-state index contributed by atoms with van der Waals surface area (Å²) in [6.45, 7) is 0.783. The standard InChI is InChI=1S/CH8NO3P/c1-6(2,3,4)5/h3-5H,2H2,1H3. The fraction of sp³-hybridized carbons (Fsp3) is 1.00. The van der Waals surface area contributed by atoms with Gasteiger partial charge in [-0.25, -0.2) is 0 Å². The van der Waals surface area contributed by atoms with E-state index in [0.29, 0.717) is 0 Å². The summed E-state index contributed by atoms with van der Waals surface area (Å²) >= 11 is 0. The van der Waals surface area contributed by atoms with E-state index < -0.39 is 7.43 Å². The zero-order chi connectivity index (χ0) is 5.45. The second-order valence-electron chi connectivity index (χ2n) is 1.47. The van der Waals surface area contributed by atoms with Crippen molar-refractivity contribution in [3.8, 4) is 0 Å². The first kappa shape index (κ1) is 6.27. The van der Waals surface area contributed by atoms with Crippen molar-refractivity contribution in [3.05, 3.63) is 0 Å². The molecule has 0 atom stereocenters. The first-order valence-corrected chi connectivity index (χ1v) is 3.92. The van der Waals surface area contributed by atoms with Gasteiger partial charge in [-0.3, -0.25) is 0 Å². The molecule has 4 nitrogen and oxygen atoms in total. The first-order valence-electron chi connectivity index (χ1n) is 1.31. The number of hydrogen-bond donors (Lipinski definition) is 4. The van der Waals surface area contributed by atoms with E-state index in [1.165, 1.54) is 0 Å². The van der Waals surface area contributed by atoms with Gasteiger partial charge < -0.3 is 0 Å². The first-order chi connectivity index (χ1) is 2.24. The second-order valence-corrected chi connectivity index (χ2v) is 4.42. The summed E-state index contributed by atoms with van der Waals surface area (Å²) in [4.78, 5) is 24.0. The Kier molecular flexibility index (Phi) is 0.952. The van der Waals surface area contributed by atoms with Crippen LogP contribution < -0.4 is 5.50 Å². The Labute approximate surface area is 35.4 Å². The molecule has 5 heteroatoms. The van der Waals surface area contributed by atoms with Crippen LogP contribution in [0.3, 0.4) is 0 Å². The Morgan fingerprint density at radius 3 is 1.33 bits per heavy atom. The van der Waals surface area contributed by atoms with Crippen molar-refractivity contribution in [3.63, 3.8) is 0 Å². The topological polar surface area (TPSA) is 86.7 Å². The van der Waals surface area contributed by atoms with Gasteiger partial charge >= 0.3 is 34.3 Å². The molecular weight excluding hydrogens is 105 g/mol. The molecule has 6 heavy (non-hydrogen) atoms. The zero-order valence-electron chi connectivity index (χ0n) is 3.37. The minimum atomic E-state index is -4.55. The van der Waals surface area contributed by atoms with E-state index in [1.807, 2.05) is 0 Å². The molecule has 0 aromatic carbocycles. The third kappa shape index (κ3) is 626. The summed E-state index contributed by atoms with van der Waals surface area (Å²) in [5.74, 6) is 0. The molecule has 0 heterocycles. The molecule has 0 amide bonds. The fourth-order valence-corrected chi connectivity index (χ4v) is 0. The maximum absolute atomic E-state index is 8.01. The van der Waals surface area contributed by atoms with E-state index in [9.17, 15) is 0 Å².